The second kappa shape index (κ2) is 7.19. The average Bonchev–Trinajstić information content (AvgIpc) is 3.36. The van der Waals surface area contributed by atoms with Gasteiger partial charge in [-0.15, -0.1) is 9.97 Å². The molecule has 2 heterocycles. The van der Waals surface area contributed by atoms with Crippen LogP contribution in [0.4, 0.5) is 11.6 Å². The summed E-state index contributed by atoms with van der Waals surface area (Å²) in [4.78, 5) is 25.7. The van der Waals surface area contributed by atoms with E-state index in [1.165, 1.54) is 0 Å². The summed E-state index contributed by atoms with van der Waals surface area (Å²) in [5.74, 6) is -0.0313. The molecule has 0 spiro atoms. The molecular formula is C30H20N8. The third kappa shape index (κ3) is 2.81. The van der Waals surface area contributed by atoms with E-state index >= 15 is 0 Å². The zero-order valence-corrected chi connectivity index (χ0v) is 21.7. The Morgan fingerprint density at radius 3 is 1.39 bits per heavy atom. The van der Waals surface area contributed by atoms with Crippen molar-refractivity contribution in [2.24, 2.45) is 0 Å². The Kier molecular flexibility index (Phi) is 4.40. The zero-order valence-electron chi connectivity index (χ0n) is 21.7. The highest BCUT2D eigenvalue weighted by Gasteiger charge is 2.30. The summed E-state index contributed by atoms with van der Waals surface area (Å²) >= 11 is 0. The molecule has 4 aromatic rings. The van der Waals surface area contributed by atoms with E-state index in [-0.39, 0.29) is 33.9 Å². The van der Waals surface area contributed by atoms with Gasteiger partial charge in [0.25, 0.3) is 11.6 Å². The third-order valence-corrected chi connectivity index (χ3v) is 7.18. The first kappa shape index (κ1) is 23.2. The van der Waals surface area contributed by atoms with E-state index < -0.39 is 0 Å². The molecule has 0 amide bonds. The number of hydrogen-bond donors (Lipinski definition) is 0. The molecule has 0 radical (unpaired) electrons. The van der Waals surface area contributed by atoms with Gasteiger partial charge in [-0.05, 0) is 34.1 Å². The zero-order chi connectivity index (χ0) is 27.3. The fourth-order valence-corrected chi connectivity index (χ4v) is 5.57. The van der Waals surface area contributed by atoms with Crippen molar-refractivity contribution >= 4 is 22.4 Å². The van der Waals surface area contributed by atoms with Crippen molar-refractivity contribution in [3.05, 3.63) is 99.8 Å². The van der Waals surface area contributed by atoms with Gasteiger partial charge in [0.05, 0.1) is 10.7 Å². The van der Waals surface area contributed by atoms with Crippen LogP contribution in [-0.4, -0.2) is 19.9 Å². The standard InChI is InChI=1S/C30H20N8/c1-29(2,3)15-10-14-20-19-13(23-25(21(15)19)36-18(12-32)17(11-31)35-23)9-16(30(4,5)6)22(20)26-24(14)37-27(33-7)28(34-8)38-26/h9-10H,1-6H3. The molecule has 0 unspecified atom stereocenters. The molecular weight excluding hydrogens is 472 g/mol. The summed E-state index contributed by atoms with van der Waals surface area (Å²) in [6.45, 7) is 27.8. The molecule has 180 valence electrons. The lowest BCUT2D eigenvalue weighted by Crippen LogP contribution is -2.14. The maximum atomic E-state index is 9.72. The number of hydrogen-bond acceptors (Lipinski definition) is 6. The van der Waals surface area contributed by atoms with Crippen molar-refractivity contribution in [3.8, 4) is 12.1 Å². The van der Waals surface area contributed by atoms with Crippen molar-refractivity contribution in [2.75, 3.05) is 0 Å². The Balaban J connectivity index is 2.13. The lowest BCUT2D eigenvalue weighted by atomic mass is 9.81. The fraction of sp³-hybridized carbons (Fsp3) is 0.267. The van der Waals surface area contributed by atoms with Crippen LogP contribution in [-0.2, 0) is 10.8 Å². The molecule has 2 aliphatic carbocycles. The van der Waals surface area contributed by atoms with Crippen LogP contribution >= 0.6 is 0 Å². The van der Waals surface area contributed by atoms with Gasteiger partial charge < -0.3 is 9.69 Å². The molecule has 0 bridgehead atoms. The summed E-state index contributed by atoms with van der Waals surface area (Å²) in [5.41, 5.74) is 1.34. The van der Waals surface area contributed by atoms with Crippen LogP contribution in [0.5, 0.6) is 0 Å². The van der Waals surface area contributed by atoms with E-state index in [0.717, 1.165) is 42.8 Å². The summed E-state index contributed by atoms with van der Waals surface area (Å²) in [7, 11) is 0. The van der Waals surface area contributed by atoms with Crippen molar-refractivity contribution < 1.29 is 0 Å². The second-order valence-electron chi connectivity index (χ2n) is 11.6. The minimum Gasteiger partial charge on any atom is -0.370 e. The van der Waals surface area contributed by atoms with Crippen LogP contribution in [0.1, 0.15) is 64.1 Å². The van der Waals surface area contributed by atoms with E-state index in [4.69, 9.17) is 13.1 Å². The lowest BCUT2D eigenvalue weighted by molar-refractivity contribution is 0.585. The molecule has 0 saturated carbocycles. The van der Waals surface area contributed by atoms with Crippen LogP contribution in [0.3, 0.4) is 0 Å². The highest BCUT2D eigenvalue weighted by atomic mass is 15.0. The molecule has 0 fully saturated rings. The molecule has 0 aliphatic heterocycles. The summed E-state index contributed by atoms with van der Waals surface area (Å²) in [6, 6.07) is 8.23. The van der Waals surface area contributed by atoms with E-state index in [0.29, 0.717) is 21.4 Å². The average molecular weight is 493 g/mol. The topological polar surface area (TPSA) is 108 Å². The number of aromatic nitrogens is 4. The van der Waals surface area contributed by atoms with Gasteiger partial charge in [0.15, 0.2) is 11.4 Å². The van der Waals surface area contributed by atoms with Gasteiger partial charge in [0.2, 0.25) is 10.7 Å². The first-order valence-corrected chi connectivity index (χ1v) is 12.0. The molecule has 2 aromatic heterocycles. The summed E-state index contributed by atoms with van der Waals surface area (Å²) < 4.78 is 0. The molecule has 0 saturated heterocycles. The van der Waals surface area contributed by atoms with Crippen LogP contribution in [0.15, 0.2) is 12.1 Å². The number of nitrogens with zero attached hydrogens (tertiary/aromatic N) is 8. The smallest absolute Gasteiger partial charge is 0.294 e. The van der Waals surface area contributed by atoms with Crippen molar-refractivity contribution in [3.63, 3.8) is 0 Å². The normalized spacial score (nSPS) is 12.4. The minimum atomic E-state index is -0.320. The summed E-state index contributed by atoms with van der Waals surface area (Å²) in [6.07, 6.45) is 0. The quantitative estimate of drug-likeness (QED) is 0.254. The van der Waals surface area contributed by atoms with E-state index in [1.807, 2.05) is 12.1 Å². The Hall–Kier alpha value is -5.18. The molecule has 8 heteroatoms. The minimum absolute atomic E-state index is 0.00250. The van der Waals surface area contributed by atoms with Gasteiger partial charge in [0, 0.05) is 31.6 Å². The van der Waals surface area contributed by atoms with Gasteiger partial charge in [-0.1, -0.05) is 54.7 Å². The van der Waals surface area contributed by atoms with E-state index in [2.05, 4.69) is 83.3 Å². The first-order valence-electron chi connectivity index (χ1n) is 12.0. The van der Waals surface area contributed by atoms with Crippen molar-refractivity contribution in [1.82, 2.24) is 19.9 Å². The molecule has 8 nitrogen and oxygen atoms in total. The number of fused-ring (bicyclic) bond motifs is 2. The van der Waals surface area contributed by atoms with Gasteiger partial charge in [-0.3, -0.25) is 0 Å². The maximum absolute atomic E-state index is 9.72. The molecule has 0 N–H and O–H groups in total. The molecule has 38 heavy (non-hydrogen) atoms. The van der Waals surface area contributed by atoms with Crippen LogP contribution in [0.25, 0.3) is 20.5 Å². The van der Waals surface area contributed by atoms with Crippen LogP contribution in [0.2, 0.25) is 0 Å². The molecule has 2 aliphatic rings. The number of nitriles is 2. The maximum Gasteiger partial charge on any atom is 0.294 e. The monoisotopic (exact) mass is 492 g/mol. The molecule has 6 rings (SSSR count). The van der Waals surface area contributed by atoms with Gasteiger partial charge in [-0.2, -0.15) is 10.5 Å². The van der Waals surface area contributed by atoms with E-state index in [1.54, 1.807) is 0 Å². The second-order valence-corrected chi connectivity index (χ2v) is 11.6. The van der Waals surface area contributed by atoms with Gasteiger partial charge in [-0.25, -0.2) is 9.97 Å². The van der Waals surface area contributed by atoms with Crippen LogP contribution in [0, 0.1) is 78.1 Å². The predicted octanol–water partition coefficient (Wildman–Crippen LogP) is 5.63. The highest BCUT2D eigenvalue weighted by molar-refractivity contribution is 5.89. The largest absolute Gasteiger partial charge is 0.370 e. The molecule has 0 atom stereocenters. The van der Waals surface area contributed by atoms with E-state index in [9.17, 15) is 10.5 Å². The third-order valence-electron chi connectivity index (χ3n) is 7.18. The summed E-state index contributed by atoms with van der Waals surface area (Å²) in [5, 5.41) is 27.1. The Morgan fingerprint density at radius 2 is 1.00 bits per heavy atom. The molecule has 2 aromatic carbocycles. The predicted molar refractivity (Wildman–Crippen MR) is 138 cm³/mol. The van der Waals surface area contributed by atoms with Crippen molar-refractivity contribution in [1.29, 1.82) is 10.5 Å². The Morgan fingerprint density at radius 1 is 0.632 bits per heavy atom. The SMILES string of the molecule is [C-]#[N+]c1nc2c(nc1[N+]#[C-])=c1c(C(C)(C)C)cc3c4c(c(C(C)(C)C)cc=2c14)=c1nc(C#N)c(C#N)nc1=3. The number of benzene rings is 2. The highest BCUT2D eigenvalue weighted by Crippen LogP contribution is 2.39. The lowest BCUT2D eigenvalue weighted by Gasteiger charge is -2.22. The number of rotatable bonds is 0. The van der Waals surface area contributed by atoms with Gasteiger partial charge >= 0.3 is 0 Å². The Bertz CT molecular complexity index is 2230. The van der Waals surface area contributed by atoms with Gasteiger partial charge in [0.1, 0.15) is 12.1 Å². The first-order chi connectivity index (χ1) is 17.9. The Labute approximate surface area is 217 Å². The van der Waals surface area contributed by atoms with Crippen molar-refractivity contribution in [2.45, 2.75) is 52.4 Å². The fourth-order valence-electron chi connectivity index (χ4n) is 5.57. The van der Waals surface area contributed by atoms with Crippen LogP contribution < -0.4 is 0 Å².